The van der Waals surface area contributed by atoms with E-state index in [2.05, 4.69) is 15.0 Å². The first-order chi connectivity index (χ1) is 12.9. The SMILES string of the molecule is CS(=O)(=O)Nc1ccc(Oc2ncccc2C(=O)NCC2CCCO2)cc1. The minimum atomic E-state index is -3.35. The van der Waals surface area contributed by atoms with Gasteiger partial charge in [-0.25, -0.2) is 13.4 Å². The van der Waals surface area contributed by atoms with E-state index in [1.54, 1.807) is 36.4 Å². The molecule has 1 atom stereocenters. The zero-order valence-corrected chi connectivity index (χ0v) is 15.7. The van der Waals surface area contributed by atoms with E-state index in [0.29, 0.717) is 23.5 Å². The third kappa shape index (κ3) is 5.66. The third-order valence-corrected chi connectivity index (χ3v) is 4.51. The molecule has 0 radical (unpaired) electrons. The monoisotopic (exact) mass is 391 g/mol. The highest BCUT2D eigenvalue weighted by molar-refractivity contribution is 7.92. The smallest absolute Gasteiger partial charge is 0.256 e. The van der Waals surface area contributed by atoms with Crippen LogP contribution >= 0.6 is 0 Å². The fourth-order valence-electron chi connectivity index (χ4n) is 2.67. The molecule has 1 aromatic heterocycles. The molecule has 2 N–H and O–H groups in total. The number of hydrogen-bond donors (Lipinski definition) is 2. The van der Waals surface area contributed by atoms with Crippen LogP contribution in [0.3, 0.4) is 0 Å². The largest absolute Gasteiger partial charge is 0.438 e. The first-order valence-corrected chi connectivity index (χ1v) is 10.4. The predicted octanol–water partition coefficient (Wildman–Crippen LogP) is 2.15. The van der Waals surface area contributed by atoms with Crippen molar-refractivity contribution < 1.29 is 22.7 Å². The maximum atomic E-state index is 12.5. The van der Waals surface area contributed by atoms with E-state index in [0.717, 1.165) is 25.7 Å². The van der Waals surface area contributed by atoms with Crippen LogP contribution in [-0.2, 0) is 14.8 Å². The van der Waals surface area contributed by atoms with Gasteiger partial charge in [-0.05, 0) is 49.2 Å². The van der Waals surface area contributed by atoms with Gasteiger partial charge in [0.2, 0.25) is 15.9 Å². The van der Waals surface area contributed by atoms with Gasteiger partial charge in [0, 0.05) is 25.0 Å². The van der Waals surface area contributed by atoms with Crippen LogP contribution in [0.15, 0.2) is 42.6 Å². The van der Waals surface area contributed by atoms with Gasteiger partial charge in [0.1, 0.15) is 11.3 Å². The zero-order chi connectivity index (χ0) is 19.3. The first kappa shape index (κ1) is 19.1. The Hall–Kier alpha value is -2.65. The van der Waals surface area contributed by atoms with Crippen molar-refractivity contribution in [2.24, 2.45) is 0 Å². The molecule has 0 spiro atoms. The second kappa shape index (κ2) is 8.36. The van der Waals surface area contributed by atoms with Gasteiger partial charge in [0.05, 0.1) is 12.4 Å². The van der Waals surface area contributed by atoms with Crippen molar-refractivity contribution in [2.75, 3.05) is 24.1 Å². The van der Waals surface area contributed by atoms with E-state index in [9.17, 15) is 13.2 Å². The van der Waals surface area contributed by atoms with Gasteiger partial charge in [-0.1, -0.05) is 0 Å². The lowest BCUT2D eigenvalue weighted by atomic mass is 10.2. The van der Waals surface area contributed by atoms with E-state index in [-0.39, 0.29) is 17.9 Å². The van der Waals surface area contributed by atoms with Crippen LogP contribution in [0.25, 0.3) is 0 Å². The van der Waals surface area contributed by atoms with Crippen molar-refractivity contribution in [1.29, 1.82) is 0 Å². The molecule has 1 aliphatic heterocycles. The molecule has 1 aromatic carbocycles. The quantitative estimate of drug-likeness (QED) is 0.749. The Labute approximate surface area is 158 Å². The maximum Gasteiger partial charge on any atom is 0.256 e. The molecule has 8 nitrogen and oxygen atoms in total. The summed E-state index contributed by atoms with van der Waals surface area (Å²) in [6.07, 6.45) is 4.60. The van der Waals surface area contributed by atoms with Gasteiger partial charge >= 0.3 is 0 Å². The summed E-state index contributed by atoms with van der Waals surface area (Å²) in [6, 6.07) is 9.61. The van der Waals surface area contributed by atoms with E-state index < -0.39 is 10.0 Å². The van der Waals surface area contributed by atoms with E-state index in [1.807, 2.05) is 0 Å². The molecule has 0 aliphatic carbocycles. The topological polar surface area (TPSA) is 107 Å². The highest BCUT2D eigenvalue weighted by atomic mass is 32.2. The Morgan fingerprint density at radius 3 is 2.74 bits per heavy atom. The number of carbonyl (C=O) groups excluding carboxylic acids is 1. The average Bonchev–Trinajstić information content (AvgIpc) is 3.14. The molecule has 3 rings (SSSR count). The number of anilines is 1. The van der Waals surface area contributed by atoms with Crippen molar-refractivity contribution in [3.63, 3.8) is 0 Å². The highest BCUT2D eigenvalue weighted by Crippen LogP contribution is 2.24. The van der Waals surface area contributed by atoms with Gasteiger partial charge in [0.25, 0.3) is 5.91 Å². The molecular formula is C18H21N3O5S. The third-order valence-electron chi connectivity index (χ3n) is 3.90. The summed E-state index contributed by atoms with van der Waals surface area (Å²) in [5, 5.41) is 2.84. The number of nitrogens with zero attached hydrogens (tertiary/aromatic N) is 1. The number of pyridine rings is 1. The van der Waals surface area contributed by atoms with E-state index in [1.165, 1.54) is 6.20 Å². The van der Waals surface area contributed by atoms with Gasteiger partial charge in [-0.15, -0.1) is 0 Å². The van der Waals surface area contributed by atoms with Crippen LogP contribution in [0, 0.1) is 0 Å². The van der Waals surface area contributed by atoms with Crippen LogP contribution in [0.5, 0.6) is 11.6 Å². The second-order valence-corrected chi connectivity index (χ2v) is 7.95. The Morgan fingerprint density at radius 1 is 1.30 bits per heavy atom. The number of ether oxygens (including phenoxy) is 2. The van der Waals surface area contributed by atoms with Crippen molar-refractivity contribution in [1.82, 2.24) is 10.3 Å². The summed E-state index contributed by atoms with van der Waals surface area (Å²) in [6.45, 7) is 1.17. The molecule has 2 heterocycles. The number of rotatable bonds is 7. The molecular weight excluding hydrogens is 370 g/mol. The van der Waals surface area contributed by atoms with Crippen LogP contribution in [0.2, 0.25) is 0 Å². The second-order valence-electron chi connectivity index (χ2n) is 6.20. The lowest BCUT2D eigenvalue weighted by Gasteiger charge is -2.13. The summed E-state index contributed by atoms with van der Waals surface area (Å²) in [5.74, 6) is 0.316. The Balaban J connectivity index is 1.67. The molecule has 27 heavy (non-hydrogen) atoms. The van der Waals surface area contributed by atoms with Gasteiger partial charge in [0.15, 0.2) is 0 Å². The molecule has 1 amide bonds. The van der Waals surface area contributed by atoms with Crippen molar-refractivity contribution in [3.8, 4) is 11.6 Å². The molecule has 1 saturated heterocycles. The number of sulfonamides is 1. The van der Waals surface area contributed by atoms with Gasteiger partial charge < -0.3 is 14.8 Å². The number of hydrogen-bond acceptors (Lipinski definition) is 6. The fourth-order valence-corrected chi connectivity index (χ4v) is 3.23. The Kier molecular flexibility index (Phi) is 5.92. The minimum Gasteiger partial charge on any atom is -0.438 e. The van der Waals surface area contributed by atoms with Crippen molar-refractivity contribution in [3.05, 3.63) is 48.2 Å². The molecule has 1 aliphatic rings. The van der Waals surface area contributed by atoms with E-state index in [4.69, 9.17) is 9.47 Å². The van der Waals surface area contributed by atoms with Gasteiger partial charge in [-0.3, -0.25) is 9.52 Å². The summed E-state index contributed by atoms with van der Waals surface area (Å²) < 4.78 is 36.1. The maximum absolute atomic E-state index is 12.5. The lowest BCUT2D eigenvalue weighted by molar-refractivity contribution is 0.0855. The average molecular weight is 391 g/mol. The molecule has 0 saturated carbocycles. The first-order valence-electron chi connectivity index (χ1n) is 8.51. The standard InChI is InChI=1S/C18H21N3O5S/c1-27(23,24)21-13-6-8-14(9-7-13)26-18-16(5-2-10-19-18)17(22)20-12-15-4-3-11-25-15/h2,5-10,15,21H,3-4,11-12H2,1H3,(H,20,22). The molecule has 1 unspecified atom stereocenters. The summed E-state index contributed by atoms with van der Waals surface area (Å²) >= 11 is 0. The minimum absolute atomic E-state index is 0.0462. The van der Waals surface area contributed by atoms with Crippen LogP contribution in [-0.4, -0.2) is 44.8 Å². The van der Waals surface area contributed by atoms with Gasteiger partial charge in [-0.2, -0.15) is 0 Å². The van der Waals surface area contributed by atoms with Crippen LogP contribution in [0.4, 0.5) is 5.69 Å². The molecule has 2 aromatic rings. The van der Waals surface area contributed by atoms with Crippen molar-refractivity contribution >= 4 is 21.6 Å². The number of nitrogens with one attached hydrogen (secondary N) is 2. The molecule has 0 bridgehead atoms. The zero-order valence-electron chi connectivity index (χ0n) is 14.8. The molecule has 1 fully saturated rings. The van der Waals surface area contributed by atoms with E-state index >= 15 is 0 Å². The van der Waals surface area contributed by atoms with Crippen molar-refractivity contribution in [2.45, 2.75) is 18.9 Å². The Bertz CT molecular complexity index is 893. The Morgan fingerprint density at radius 2 is 2.07 bits per heavy atom. The predicted molar refractivity (Wildman–Crippen MR) is 101 cm³/mol. The number of benzene rings is 1. The highest BCUT2D eigenvalue weighted by Gasteiger charge is 2.19. The molecule has 144 valence electrons. The summed E-state index contributed by atoms with van der Waals surface area (Å²) in [4.78, 5) is 16.6. The lowest BCUT2D eigenvalue weighted by Crippen LogP contribution is -2.32. The fraction of sp³-hybridized carbons (Fsp3) is 0.333. The van der Waals surface area contributed by atoms with Crippen LogP contribution in [0.1, 0.15) is 23.2 Å². The summed E-state index contributed by atoms with van der Waals surface area (Å²) in [7, 11) is -3.35. The molecule has 9 heteroatoms. The number of aromatic nitrogens is 1. The summed E-state index contributed by atoms with van der Waals surface area (Å²) in [5.41, 5.74) is 0.731. The number of amides is 1. The van der Waals surface area contributed by atoms with Crippen LogP contribution < -0.4 is 14.8 Å². The number of carbonyl (C=O) groups is 1. The normalized spacial score (nSPS) is 16.7.